The van der Waals surface area contributed by atoms with E-state index in [1.54, 1.807) is 0 Å². The van der Waals surface area contributed by atoms with Gasteiger partial charge in [-0.05, 0) is 0 Å². The van der Waals surface area contributed by atoms with Gasteiger partial charge >= 0.3 is 19.5 Å². The molecule has 1 radical (unpaired) electrons. The van der Waals surface area contributed by atoms with Gasteiger partial charge in [0.1, 0.15) is 0 Å². The Morgan fingerprint density at radius 1 is 1.50 bits per heavy atom. The molecule has 0 aromatic carbocycles. The maximum Gasteiger partial charge on any atom is 1.00 e. The molecule has 0 bridgehead atoms. The first kappa shape index (κ1) is 17.5. The van der Waals surface area contributed by atoms with Gasteiger partial charge < -0.3 is 20.6 Å². The summed E-state index contributed by atoms with van der Waals surface area (Å²) in [5, 5.41) is 9.00. The summed E-state index contributed by atoms with van der Waals surface area (Å²) in [6.07, 6.45) is 0. The molecule has 0 N–H and O–H groups in total. The molecule has 0 fully saturated rings. The first-order valence-electron chi connectivity index (χ1n) is 0.548. The monoisotopic (exact) mass is 178 g/mol. The molecule has 0 amide bonds. The van der Waals surface area contributed by atoms with Crippen LogP contribution in [-0.2, 0) is 19.5 Å². The minimum atomic E-state index is 0. The maximum atomic E-state index is 8.00. The van der Waals surface area contributed by atoms with Crippen molar-refractivity contribution in [2.45, 2.75) is 0 Å². The van der Waals surface area contributed by atoms with Gasteiger partial charge in [0, 0.05) is 0 Å². The van der Waals surface area contributed by atoms with E-state index in [1.165, 1.54) is 0 Å². The average Bonchev–Trinajstić information content (AvgIpc) is 1.46. The maximum absolute atomic E-state index is 8.00. The summed E-state index contributed by atoms with van der Waals surface area (Å²) in [5.41, 5.74) is 5.75. The van der Waals surface area contributed by atoms with Crippen molar-refractivity contribution in [3.63, 3.8) is 0 Å². The van der Waals surface area contributed by atoms with E-state index in [2.05, 4.69) is 0 Å². The summed E-state index contributed by atoms with van der Waals surface area (Å²) in [6, 6.07) is 0. The molecule has 6 heteroatoms. The summed E-state index contributed by atoms with van der Waals surface area (Å²) < 4.78 is 0. The van der Waals surface area contributed by atoms with Crippen LogP contribution in [0.2, 0.25) is 0 Å². The Kier molecular flexibility index (Phi) is 455. The minimum absolute atomic E-state index is 0. The van der Waals surface area contributed by atoms with Crippen molar-refractivity contribution < 1.29 is 19.5 Å². The molecule has 0 aliphatic rings. The van der Waals surface area contributed by atoms with Crippen molar-refractivity contribution >= 4 is 0 Å². The fraction of sp³-hybridized carbons (Fsp3) is 0. The second-order valence-corrected chi connectivity index (χ2v) is 0.0745. The molecule has 37 valence electrons. The van der Waals surface area contributed by atoms with Crippen molar-refractivity contribution in [2.24, 2.45) is 5.34 Å². The predicted molar refractivity (Wildman–Crippen MR) is 15.9 cm³/mol. The van der Waals surface area contributed by atoms with E-state index in [-0.39, 0.29) is 19.5 Å². The second kappa shape index (κ2) is 156. The van der Waals surface area contributed by atoms with Crippen molar-refractivity contribution in [3.8, 4) is 0 Å². The van der Waals surface area contributed by atoms with Gasteiger partial charge in [0.15, 0.2) is 0 Å². The molecule has 0 heterocycles. The van der Waals surface area contributed by atoms with Gasteiger partial charge in [-0.25, -0.2) is 0 Å². The van der Waals surface area contributed by atoms with Crippen LogP contribution in [0.5, 0.6) is 0 Å². The molecule has 0 aromatic heterocycles. The van der Waals surface area contributed by atoms with Crippen molar-refractivity contribution in [1.82, 2.24) is 0 Å². The Morgan fingerprint density at radius 3 is 1.50 bits per heavy atom. The third kappa shape index (κ3) is 176. The third-order valence-corrected chi connectivity index (χ3v) is 0. The largest absolute Gasteiger partial charge is 1.00 e. The van der Waals surface area contributed by atoms with Crippen LogP contribution in [0.15, 0.2) is 5.34 Å². The molecule has 0 rings (SSSR count). The number of rotatable bonds is 0. The number of hydrogen-bond acceptors (Lipinski definition) is 4. The van der Waals surface area contributed by atoms with Crippen LogP contribution in [0.3, 0.4) is 0 Å². The Hall–Kier alpha value is -0.377. The van der Waals surface area contributed by atoms with E-state index in [0.29, 0.717) is 0 Å². The second-order valence-electron chi connectivity index (χ2n) is 0.0745. The zero-order valence-corrected chi connectivity index (χ0v) is 4.21. The number of hydrogen-bond donors (Lipinski definition) is 0. The van der Waals surface area contributed by atoms with Crippen LogP contribution in [0, 0.1) is 15.0 Å². The van der Waals surface area contributed by atoms with E-state index < -0.39 is 0 Å². The van der Waals surface area contributed by atoms with Gasteiger partial charge in [0.2, 0.25) is 0 Å². The quantitative estimate of drug-likeness (QED) is 0.307. The molecule has 0 aliphatic carbocycles. The molecule has 0 saturated carbocycles. The fourth-order valence-corrected chi connectivity index (χ4v) is 0. The molecule has 0 saturated heterocycles. The molecule has 0 unspecified atom stereocenters. The summed E-state index contributed by atoms with van der Waals surface area (Å²) in [6.45, 7) is 0. The first-order valence-corrected chi connectivity index (χ1v) is 0.548. The van der Waals surface area contributed by atoms with E-state index >= 15 is 0 Å². The SMILES string of the molecule is O=N[O-].[N-]=O.[Ru+]. The van der Waals surface area contributed by atoms with Gasteiger partial charge in [-0.15, -0.1) is 5.34 Å². The Morgan fingerprint density at radius 2 is 1.50 bits per heavy atom. The van der Waals surface area contributed by atoms with E-state index in [0.717, 1.165) is 5.34 Å². The van der Waals surface area contributed by atoms with Crippen LogP contribution in [0.1, 0.15) is 0 Å². The summed E-state index contributed by atoms with van der Waals surface area (Å²) in [5.74, 6) is 0. The van der Waals surface area contributed by atoms with Crippen LogP contribution in [0.4, 0.5) is 0 Å². The standard InChI is InChI=1S/HNO2.NO.Ru/c2-1-3;1-2;/h(H,2,3);;/q;-1;+1/p-1. The normalized spacial score (nSPS) is 2.67. The number of nitrogens with zero attached hydrogens (tertiary/aromatic N) is 2. The fourth-order valence-electron chi connectivity index (χ4n) is 0. The van der Waals surface area contributed by atoms with Gasteiger partial charge in [-0.3, -0.25) is 0 Å². The molecule has 0 aromatic rings. The van der Waals surface area contributed by atoms with Gasteiger partial charge in [0.05, 0.1) is 0 Å². The van der Waals surface area contributed by atoms with Gasteiger partial charge in [-0.2, -0.15) is 0 Å². The van der Waals surface area contributed by atoms with Crippen LogP contribution >= 0.6 is 0 Å². The van der Waals surface area contributed by atoms with Crippen molar-refractivity contribution in [1.29, 1.82) is 0 Å². The Balaban J connectivity index is -0.0000000275. The molecule has 5 nitrogen and oxygen atoms in total. The van der Waals surface area contributed by atoms with E-state index in [4.69, 9.17) is 20.6 Å². The van der Waals surface area contributed by atoms with Crippen LogP contribution < -0.4 is 0 Å². The van der Waals surface area contributed by atoms with Crippen LogP contribution in [0.25, 0.3) is 5.59 Å². The zero-order chi connectivity index (χ0) is 4.71. The smallest absolute Gasteiger partial charge is 0.577 e. The molecular weight excluding hydrogens is 177 g/mol. The molecule has 6 heavy (non-hydrogen) atoms. The van der Waals surface area contributed by atoms with Crippen molar-refractivity contribution in [2.75, 3.05) is 0 Å². The predicted octanol–water partition coefficient (Wildman–Crippen LogP) is 0.570. The Bertz CT molecular complexity index is 22.8. The van der Waals surface area contributed by atoms with E-state index in [9.17, 15) is 0 Å². The van der Waals surface area contributed by atoms with Gasteiger partial charge in [0.25, 0.3) is 0 Å². The molecule has 0 spiro atoms. The minimum Gasteiger partial charge on any atom is -0.577 e. The van der Waals surface area contributed by atoms with Crippen molar-refractivity contribution in [3.05, 3.63) is 20.6 Å². The van der Waals surface area contributed by atoms with Crippen LogP contribution in [-0.4, -0.2) is 0 Å². The molecular formula is N2O3Ru-. The third-order valence-electron chi connectivity index (χ3n) is 0. The average molecular weight is 177 g/mol. The Labute approximate surface area is 46.2 Å². The summed E-state index contributed by atoms with van der Waals surface area (Å²) >= 11 is 0. The summed E-state index contributed by atoms with van der Waals surface area (Å²) in [7, 11) is 0. The number of nitroso groups, excluding NO2 is 1. The van der Waals surface area contributed by atoms with Gasteiger partial charge in [-0.1, -0.05) is 0 Å². The molecule has 0 aliphatic heterocycles. The molecule has 0 atom stereocenters. The first-order chi connectivity index (χ1) is 2.41. The zero-order valence-electron chi connectivity index (χ0n) is 2.47. The van der Waals surface area contributed by atoms with E-state index in [1.807, 2.05) is 0 Å². The summed E-state index contributed by atoms with van der Waals surface area (Å²) in [4.78, 5) is 15.2. The topological polar surface area (TPSA) is 91.9 Å².